The SMILES string of the molecule is C[C@@H]1NC(=O)N(C)[C@H]2NC(=O)N(C)[C@H](C)[C@H]12. The van der Waals surface area contributed by atoms with Crippen LogP contribution in [-0.2, 0) is 0 Å². The maximum absolute atomic E-state index is 11.7. The number of fused-ring (bicyclic) bond motifs is 1. The molecule has 0 unspecified atom stereocenters. The second-order valence-electron chi connectivity index (χ2n) is 4.67. The normalized spacial score (nSPS) is 39.0. The van der Waals surface area contributed by atoms with Gasteiger partial charge in [-0.2, -0.15) is 0 Å². The molecule has 0 radical (unpaired) electrons. The molecule has 90 valence electrons. The molecule has 2 aliphatic rings. The van der Waals surface area contributed by atoms with Crippen LogP contribution in [0.25, 0.3) is 0 Å². The van der Waals surface area contributed by atoms with Crippen molar-refractivity contribution < 1.29 is 9.59 Å². The summed E-state index contributed by atoms with van der Waals surface area (Å²) >= 11 is 0. The van der Waals surface area contributed by atoms with Crippen LogP contribution < -0.4 is 10.6 Å². The van der Waals surface area contributed by atoms with Crippen LogP contribution >= 0.6 is 0 Å². The third kappa shape index (κ3) is 1.40. The van der Waals surface area contributed by atoms with E-state index in [9.17, 15) is 9.59 Å². The first-order chi connectivity index (χ1) is 7.43. The van der Waals surface area contributed by atoms with Crippen LogP contribution in [0.1, 0.15) is 13.8 Å². The average Bonchev–Trinajstić information content (AvgIpc) is 2.22. The highest BCUT2D eigenvalue weighted by Gasteiger charge is 2.47. The molecule has 0 bridgehead atoms. The number of rotatable bonds is 0. The summed E-state index contributed by atoms with van der Waals surface area (Å²) in [7, 11) is 3.48. The zero-order valence-electron chi connectivity index (χ0n) is 10.0. The minimum absolute atomic E-state index is 0.0618. The van der Waals surface area contributed by atoms with Gasteiger partial charge in [0, 0.05) is 32.1 Å². The molecular formula is C10H18N4O2. The lowest BCUT2D eigenvalue weighted by Gasteiger charge is -2.51. The highest BCUT2D eigenvalue weighted by molar-refractivity contribution is 5.80. The molecule has 4 amide bonds. The smallest absolute Gasteiger partial charge is 0.319 e. The van der Waals surface area contributed by atoms with Gasteiger partial charge in [-0.15, -0.1) is 0 Å². The lowest BCUT2D eigenvalue weighted by Crippen LogP contribution is -2.73. The molecule has 2 heterocycles. The van der Waals surface area contributed by atoms with Crippen LogP contribution in [0.2, 0.25) is 0 Å². The number of nitrogens with one attached hydrogen (secondary N) is 2. The van der Waals surface area contributed by atoms with Gasteiger partial charge < -0.3 is 20.4 Å². The Morgan fingerprint density at radius 1 is 1.00 bits per heavy atom. The van der Waals surface area contributed by atoms with Crippen LogP contribution in [0.4, 0.5) is 9.59 Å². The largest absolute Gasteiger partial charge is 0.335 e. The Morgan fingerprint density at radius 2 is 1.56 bits per heavy atom. The third-order valence-corrected chi connectivity index (χ3v) is 3.79. The minimum Gasteiger partial charge on any atom is -0.335 e. The van der Waals surface area contributed by atoms with E-state index >= 15 is 0 Å². The highest BCUT2D eigenvalue weighted by Crippen LogP contribution is 2.27. The van der Waals surface area contributed by atoms with Gasteiger partial charge in [-0.25, -0.2) is 9.59 Å². The van der Waals surface area contributed by atoms with E-state index < -0.39 is 0 Å². The van der Waals surface area contributed by atoms with E-state index in [4.69, 9.17) is 0 Å². The van der Waals surface area contributed by atoms with Crippen molar-refractivity contribution in [3.05, 3.63) is 0 Å². The van der Waals surface area contributed by atoms with E-state index in [1.807, 2.05) is 13.8 Å². The number of carbonyl (C=O) groups is 2. The molecular weight excluding hydrogens is 208 g/mol. The number of nitrogens with zero attached hydrogens (tertiary/aromatic N) is 2. The second kappa shape index (κ2) is 3.54. The Labute approximate surface area is 95.0 Å². The number of hydrogen-bond donors (Lipinski definition) is 2. The maximum atomic E-state index is 11.7. The fraction of sp³-hybridized carbons (Fsp3) is 0.800. The third-order valence-electron chi connectivity index (χ3n) is 3.79. The van der Waals surface area contributed by atoms with E-state index in [-0.39, 0.29) is 36.2 Å². The minimum atomic E-state index is -0.206. The standard InChI is InChI=1S/C10H18N4O2/c1-5-7-6(2)13(3)10(16)12-8(7)14(4)9(15)11-5/h5-8H,1-4H3,(H,11,15)(H,12,16)/t5-,6+,7-,8+/m0/s1. The van der Waals surface area contributed by atoms with Crippen molar-refractivity contribution in [2.24, 2.45) is 5.92 Å². The Morgan fingerprint density at radius 3 is 2.19 bits per heavy atom. The summed E-state index contributed by atoms with van der Waals surface area (Å²) in [5, 5.41) is 5.76. The fourth-order valence-electron chi connectivity index (χ4n) is 2.60. The predicted molar refractivity (Wildman–Crippen MR) is 58.8 cm³/mol. The molecule has 0 spiro atoms. The first-order valence-corrected chi connectivity index (χ1v) is 5.50. The van der Waals surface area contributed by atoms with Gasteiger partial charge >= 0.3 is 12.1 Å². The molecule has 2 saturated heterocycles. The summed E-state index contributed by atoms with van der Waals surface area (Å²) in [6.45, 7) is 3.99. The van der Waals surface area contributed by atoms with Gasteiger partial charge in [0.05, 0.1) is 0 Å². The van der Waals surface area contributed by atoms with E-state index in [1.165, 1.54) is 0 Å². The van der Waals surface area contributed by atoms with Gasteiger partial charge in [-0.05, 0) is 13.8 Å². The molecule has 0 aliphatic carbocycles. The summed E-state index contributed by atoms with van der Waals surface area (Å²) in [5.41, 5.74) is 0. The second-order valence-corrected chi connectivity index (χ2v) is 4.67. The Balaban J connectivity index is 2.29. The Kier molecular flexibility index (Phi) is 2.44. The number of urea groups is 2. The zero-order valence-corrected chi connectivity index (χ0v) is 10.0. The van der Waals surface area contributed by atoms with Gasteiger partial charge in [-0.1, -0.05) is 0 Å². The first kappa shape index (κ1) is 11.0. The monoisotopic (exact) mass is 226 g/mol. The quantitative estimate of drug-likeness (QED) is 0.611. The summed E-state index contributed by atoms with van der Waals surface area (Å²) < 4.78 is 0. The van der Waals surface area contributed by atoms with Crippen molar-refractivity contribution in [2.45, 2.75) is 32.1 Å². The molecule has 2 fully saturated rings. The van der Waals surface area contributed by atoms with Crippen molar-refractivity contribution in [1.82, 2.24) is 20.4 Å². The van der Waals surface area contributed by atoms with E-state index in [0.29, 0.717) is 0 Å². The van der Waals surface area contributed by atoms with Crippen LogP contribution in [0.3, 0.4) is 0 Å². The van der Waals surface area contributed by atoms with Crippen molar-refractivity contribution in [1.29, 1.82) is 0 Å². The number of carbonyl (C=O) groups excluding carboxylic acids is 2. The predicted octanol–water partition coefficient (Wildman–Crippen LogP) is 0.0157. The summed E-state index contributed by atoms with van der Waals surface area (Å²) in [5.74, 6) is 0.199. The molecule has 2 rings (SSSR count). The lowest BCUT2D eigenvalue weighted by atomic mass is 9.86. The van der Waals surface area contributed by atoms with Crippen molar-refractivity contribution >= 4 is 12.1 Å². The summed E-state index contributed by atoms with van der Waals surface area (Å²) in [6.07, 6.45) is -0.206. The fourth-order valence-corrected chi connectivity index (χ4v) is 2.60. The van der Waals surface area contributed by atoms with E-state index in [0.717, 1.165) is 0 Å². The van der Waals surface area contributed by atoms with Crippen molar-refractivity contribution in [3.63, 3.8) is 0 Å². The van der Waals surface area contributed by atoms with Crippen LogP contribution in [0.5, 0.6) is 0 Å². The Hall–Kier alpha value is -1.46. The Bertz CT molecular complexity index is 333. The van der Waals surface area contributed by atoms with Crippen LogP contribution in [-0.4, -0.2) is 54.2 Å². The van der Waals surface area contributed by atoms with Crippen LogP contribution in [0.15, 0.2) is 0 Å². The zero-order chi connectivity index (χ0) is 12.0. The molecule has 0 saturated carbocycles. The maximum Gasteiger partial charge on any atom is 0.319 e. The topological polar surface area (TPSA) is 64.7 Å². The average molecular weight is 226 g/mol. The first-order valence-electron chi connectivity index (χ1n) is 5.50. The van der Waals surface area contributed by atoms with Crippen LogP contribution in [0, 0.1) is 5.92 Å². The summed E-state index contributed by atoms with van der Waals surface area (Å²) in [6, 6.07) is -0.0862. The molecule has 6 heteroatoms. The summed E-state index contributed by atoms with van der Waals surface area (Å²) in [4.78, 5) is 26.5. The highest BCUT2D eigenvalue weighted by atomic mass is 16.2. The molecule has 2 aliphatic heterocycles. The van der Waals surface area contributed by atoms with Crippen molar-refractivity contribution in [2.75, 3.05) is 14.1 Å². The van der Waals surface area contributed by atoms with Gasteiger partial charge in [0.2, 0.25) is 0 Å². The van der Waals surface area contributed by atoms with E-state index in [1.54, 1.807) is 23.9 Å². The van der Waals surface area contributed by atoms with Gasteiger partial charge in [-0.3, -0.25) is 0 Å². The molecule has 4 atom stereocenters. The molecule has 0 aromatic carbocycles. The van der Waals surface area contributed by atoms with Gasteiger partial charge in [0.1, 0.15) is 6.17 Å². The van der Waals surface area contributed by atoms with Gasteiger partial charge in [0.25, 0.3) is 0 Å². The van der Waals surface area contributed by atoms with E-state index in [2.05, 4.69) is 10.6 Å². The molecule has 0 aromatic heterocycles. The number of amides is 4. The molecule has 0 aromatic rings. The van der Waals surface area contributed by atoms with Gasteiger partial charge in [0.15, 0.2) is 0 Å². The lowest BCUT2D eigenvalue weighted by molar-refractivity contribution is 0.0318. The molecule has 6 nitrogen and oxygen atoms in total. The molecule has 2 N–H and O–H groups in total. The van der Waals surface area contributed by atoms with Crippen molar-refractivity contribution in [3.8, 4) is 0 Å². The molecule has 16 heavy (non-hydrogen) atoms. The number of hydrogen-bond acceptors (Lipinski definition) is 2.